The van der Waals surface area contributed by atoms with Gasteiger partial charge in [0.15, 0.2) is 0 Å². The van der Waals surface area contributed by atoms with E-state index in [2.05, 4.69) is 33.1 Å². The lowest BCUT2D eigenvalue weighted by atomic mass is 10.1. The molecule has 0 fully saturated rings. The van der Waals surface area contributed by atoms with Crippen molar-refractivity contribution in [3.8, 4) is 0 Å². The molecule has 3 heterocycles. The molecule has 2 aliphatic heterocycles. The Kier molecular flexibility index (Phi) is 1.82. The van der Waals surface area contributed by atoms with Crippen LogP contribution in [0.2, 0.25) is 0 Å². The van der Waals surface area contributed by atoms with Gasteiger partial charge in [0.25, 0.3) is 0 Å². The van der Waals surface area contributed by atoms with Crippen molar-refractivity contribution in [2.45, 2.75) is 0 Å². The third-order valence-electron chi connectivity index (χ3n) is 2.34. The van der Waals surface area contributed by atoms with Gasteiger partial charge in [-0.05, 0) is 28.0 Å². The van der Waals surface area contributed by atoms with Crippen LogP contribution in [0.25, 0.3) is 6.08 Å². The molecule has 1 atom stereocenters. The molecular formula is C11H9NS2. The summed E-state index contributed by atoms with van der Waals surface area (Å²) in [6.45, 7) is 0. The summed E-state index contributed by atoms with van der Waals surface area (Å²) in [6.07, 6.45) is 4.21. The maximum absolute atomic E-state index is 4.49. The molecular weight excluding hydrogens is 210 g/mol. The summed E-state index contributed by atoms with van der Waals surface area (Å²) < 4.78 is 0. The third kappa shape index (κ3) is 1.24. The third-order valence-corrected chi connectivity index (χ3v) is 4.36. The fraction of sp³-hybridized carbons (Fsp3) is 0.0909. The van der Waals surface area contributed by atoms with Crippen LogP contribution in [0.15, 0.2) is 32.4 Å². The molecule has 3 rings (SSSR count). The van der Waals surface area contributed by atoms with E-state index in [0.29, 0.717) is 0 Å². The maximum Gasteiger partial charge on any atom is 0.0728 e. The molecule has 0 spiro atoms. The molecule has 0 amide bonds. The lowest BCUT2D eigenvalue weighted by Crippen LogP contribution is -1.81. The standard InChI is InChI=1S/C11H9NS2/c1-14-6-9-2-8-4-13-5-10(8)3-12-11(9)7-14/h2-5,7H,1,6H2. The molecule has 1 nitrogen and oxygen atoms in total. The van der Waals surface area contributed by atoms with Crippen LogP contribution >= 0.6 is 21.8 Å². The predicted octanol–water partition coefficient (Wildman–Crippen LogP) is 3.12. The second-order valence-corrected chi connectivity index (χ2v) is 5.74. The van der Waals surface area contributed by atoms with E-state index in [9.17, 15) is 0 Å². The summed E-state index contributed by atoms with van der Waals surface area (Å²) in [4.78, 5) is 4.49. The fourth-order valence-electron chi connectivity index (χ4n) is 1.64. The average Bonchev–Trinajstić information content (AvgIpc) is 2.69. The molecule has 1 aromatic rings. The number of rotatable bonds is 0. The van der Waals surface area contributed by atoms with Crippen molar-refractivity contribution in [1.82, 2.24) is 0 Å². The van der Waals surface area contributed by atoms with Gasteiger partial charge in [0, 0.05) is 22.9 Å². The van der Waals surface area contributed by atoms with Crippen molar-refractivity contribution in [2.24, 2.45) is 4.99 Å². The van der Waals surface area contributed by atoms with Gasteiger partial charge >= 0.3 is 0 Å². The number of fused-ring (bicyclic) bond motifs is 2. The van der Waals surface area contributed by atoms with Gasteiger partial charge in [-0.3, -0.25) is 4.99 Å². The molecule has 1 aromatic heterocycles. The van der Waals surface area contributed by atoms with E-state index in [0.717, 1.165) is 11.4 Å². The van der Waals surface area contributed by atoms with Crippen LogP contribution in [-0.4, -0.2) is 17.8 Å². The van der Waals surface area contributed by atoms with Crippen molar-refractivity contribution in [1.29, 1.82) is 0 Å². The van der Waals surface area contributed by atoms with Gasteiger partial charge in [-0.1, -0.05) is 5.87 Å². The van der Waals surface area contributed by atoms with Crippen molar-refractivity contribution in [2.75, 3.05) is 5.75 Å². The van der Waals surface area contributed by atoms with Crippen LogP contribution in [0, 0.1) is 0 Å². The summed E-state index contributed by atoms with van der Waals surface area (Å²) in [5.74, 6) is 5.13. The normalized spacial score (nSPS) is 23.6. The first-order chi connectivity index (χ1) is 6.83. The Morgan fingerprint density at radius 3 is 3.14 bits per heavy atom. The zero-order valence-corrected chi connectivity index (χ0v) is 9.20. The molecule has 0 aromatic carbocycles. The monoisotopic (exact) mass is 219 g/mol. The second-order valence-electron chi connectivity index (χ2n) is 3.40. The highest BCUT2D eigenvalue weighted by Gasteiger charge is 2.15. The predicted molar refractivity (Wildman–Crippen MR) is 67.6 cm³/mol. The summed E-state index contributed by atoms with van der Waals surface area (Å²) in [5, 5.41) is 6.50. The number of hydrogen-bond acceptors (Lipinski definition) is 2. The zero-order chi connectivity index (χ0) is 9.54. The van der Waals surface area contributed by atoms with Gasteiger partial charge in [-0.15, -0.1) is 0 Å². The van der Waals surface area contributed by atoms with E-state index in [-0.39, 0.29) is 10.5 Å². The summed E-state index contributed by atoms with van der Waals surface area (Å²) in [7, 11) is 0.144. The molecule has 0 saturated heterocycles. The van der Waals surface area contributed by atoms with E-state index in [1.807, 2.05) is 6.21 Å². The lowest BCUT2D eigenvalue weighted by molar-refractivity contribution is 1.36. The van der Waals surface area contributed by atoms with Gasteiger partial charge < -0.3 is 0 Å². The molecule has 0 N–H and O–H groups in total. The number of nitrogens with zero attached hydrogens (tertiary/aromatic N) is 1. The minimum Gasteiger partial charge on any atom is -0.255 e. The first-order valence-corrected chi connectivity index (χ1v) is 6.92. The zero-order valence-electron chi connectivity index (χ0n) is 7.56. The summed E-state index contributed by atoms with van der Waals surface area (Å²) >= 11 is 1.73. The van der Waals surface area contributed by atoms with Crippen LogP contribution < -0.4 is 0 Å². The molecule has 0 bridgehead atoms. The van der Waals surface area contributed by atoms with E-state index < -0.39 is 0 Å². The average molecular weight is 219 g/mol. The number of aliphatic imine (C=N–C) groups is 1. The highest BCUT2D eigenvalue weighted by Crippen LogP contribution is 2.36. The van der Waals surface area contributed by atoms with E-state index in [4.69, 9.17) is 0 Å². The molecule has 14 heavy (non-hydrogen) atoms. The van der Waals surface area contributed by atoms with Gasteiger partial charge in [0.2, 0.25) is 0 Å². The highest BCUT2D eigenvalue weighted by atomic mass is 32.2. The quantitative estimate of drug-likeness (QED) is 0.594. The van der Waals surface area contributed by atoms with Crippen LogP contribution in [0.4, 0.5) is 0 Å². The Morgan fingerprint density at radius 1 is 1.36 bits per heavy atom. The molecule has 0 saturated carbocycles. The van der Waals surface area contributed by atoms with Crippen molar-refractivity contribution < 1.29 is 0 Å². The Morgan fingerprint density at radius 2 is 2.21 bits per heavy atom. The minimum absolute atomic E-state index is 0.144. The molecule has 3 heteroatoms. The van der Waals surface area contributed by atoms with Gasteiger partial charge in [-0.25, -0.2) is 0 Å². The summed E-state index contributed by atoms with van der Waals surface area (Å²) in [5.41, 5.74) is 5.01. The number of allylic oxidation sites excluding steroid dienone is 1. The van der Waals surface area contributed by atoms with Crippen LogP contribution in [0.1, 0.15) is 11.1 Å². The van der Waals surface area contributed by atoms with Crippen molar-refractivity contribution >= 4 is 40.0 Å². The smallest absolute Gasteiger partial charge is 0.0728 e. The van der Waals surface area contributed by atoms with E-state index in [1.165, 1.54) is 16.7 Å². The summed E-state index contributed by atoms with van der Waals surface area (Å²) in [6, 6.07) is 0. The number of thiophene rings is 1. The van der Waals surface area contributed by atoms with Crippen LogP contribution in [0.5, 0.6) is 0 Å². The molecule has 70 valence electrons. The van der Waals surface area contributed by atoms with Gasteiger partial charge in [-0.2, -0.15) is 21.8 Å². The van der Waals surface area contributed by atoms with Crippen molar-refractivity contribution in [3.63, 3.8) is 0 Å². The van der Waals surface area contributed by atoms with Gasteiger partial charge in [0.1, 0.15) is 0 Å². The van der Waals surface area contributed by atoms with Crippen LogP contribution in [0.3, 0.4) is 0 Å². The Labute approximate surface area is 89.4 Å². The van der Waals surface area contributed by atoms with E-state index in [1.54, 1.807) is 11.3 Å². The molecule has 1 unspecified atom stereocenters. The van der Waals surface area contributed by atoms with Crippen LogP contribution in [-0.2, 0) is 0 Å². The Balaban J connectivity index is 2.20. The van der Waals surface area contributed by atoms with E-state index >= 15 is 0 Å². The minimum atomic E-state index is 0.144. The molecule has 0 aliphatic carbocycles. The maximum atomic E-state index is 4.49. The highest BCUT2D eigenvalue weighted by molar-refractivity contribution is 8.17. The topological polar surface area (TPSA) is 12.4 Å². The van der Waals surface area contributed by atoms with Gasteiger partial charge in [0.05, 0.1) is 5.70 Å². The fourth-order valence-corrected chi connectivity index (χ4v) is 3.65. The lowest BCUT2D eigenvalue weighted by Gasteiger charge is -1.95. The second kappa shape index (κ2) is 3.04. The molecule has 0 radical (unpaired) electrons. The first-order valence-electron chi connectivity index (χ1n) is 4.35. The largest absolute Gasteiger partial charge is 0.255 e. The first kappa shape index (κ1) is 8.38. The molecule has 2 aliphatic rings. The van der Waals surface area contributed by atoms with Crippen molar-refractivity contribution in [3.05, 3.63) is 38.6 Å². The number of hydrogen-bond donors (Lipinski definition) is 0. The Hall–Kier alpha value is -0.930. The Bertz CT molecular complexity index is 503. The SMILES string of the molecule is C=S1C=C2N=Cc3cscc3C=C2C1.